The second kappa shape index (κ2) is 5.89. The minimum atomic E-state index is -0.402. The highest BCUT2D eigenvalue weighted by molar-refractivity contribution is 5.81. The van der Waals surface area contributed by atoms with Gasteiger partial charge in [0.05, 0.1) is 0 Å². The van der Waals surface area contributed by atoms with Crippen LogP contribution in [0.2, 0.25) is 0 Å². The molecule has 1 unspecified atom stereocenters. The van der Waals surface area contributed by atoms with Crippen molar-refractivity contribution in [2.75, 3.05) is 13.1 Å². The molecule has 98 valence electrons. The van der Waals surface area contributed by atoms with E-state index in [1.165, 1.54) is 0 Å². The van der Waals surface area contributed by atoms with E-state index in [9.17, 15) is 4.79 Å². The molecule has 1 aliphatic rings. The van der Waals surface area contributed by atoms with Crippen LogP contribution in [-0.2, 0) is 4.79 Å². The van der Waals surface area contributed by atoms with Gasteiger partial charge in [0.2, 0.25) is 0 Å². The average Bonchev–Trinajstić information content (AvgIpc) is 2.40. The van der Waals surface area contributed by atoms with Crippen molar-refractivity contribution in [2.24, 2.45) is 5.92 Å². The highest BCUT2D eigenvalue weighted by Crippen LogP contribution is 2.18. The maximum absolute atomic E-state index is 12.2. The molecule has 1 aromatic rings. The number of carbonyl (C=O) groups is 1. The lowest BCUT2D eigenvalue weighted by atomic mass is 9.99. The molecule has 2 rings (SSSR count). The number of rotatable bonds is 3. The number of para-hydroxylation sites is 1. The average molecular weight is 247 g/mol. The van der Waals surface area contributed by atoms with Gasteiger partial charge in [-0.3, -0.25) is 4.79 Å². The summed E-state index contributed by atoms with van der Waals surface area (Å²) < 4.78 is 5.66. The van der Waals surface area contributed by atoms with Crippen molar-refractivity contribution in [2.45, 2.75) is 32.8 Å². The molecule has 0 aromatic heterocycles. The van der Waals surface area contributed by atoms with Crippen LogP contribution in [-0.4, -0.2) is 30.0 Å². The van der Waals surface area contributed by atoms with Crippen LogP contribution in [0.25, 0.3) is 0 Å². The Morgan fingerprint density at radius 2 is 1.89 bits per heavy atom. The smallest absolute Gasteiger partial charge is 0.263 e. The van der Waals surface area contributed by atoms with E-state index < -0.39 is 6.10 Å². The summed E-state index contributed by atoms with van der Waals surface area (Å²) in [6, 6.07) is 9.51. The molecule has 1 heterocycles. The number of benzene rings is 1. The van der Waals surface area contributed by atoms with E-state index in [1.807, 2.05) is 42.2 Å². The van der Waals surface area contributed by atoms with Crippen molar-refractivity contribution in [3.05, 3.63) is 30.3 Å². The number of carbonyl (C=O) groups excluding carboxylic acids is 1. The maximum atomic E-state index is 12.2. The van der Waals surface area contributed by atoms with Crippen molar-refractivity contribution >= 4 is 5.91 Å². The van der Waals surface area contributed by atoms with Gasteiger partial charge < -0.3 is 9.64 Å². The summed E-state index contributed by atoms with van der Waals surface area (Å²) >= 11 is 0. The van der Waals surface area contributed by atoms with Gasteiger partial charge in [0.25, 0.3) is 5.91 Å². The number of ether oxygens (including phenoxy) is 1. The summed E-state index contributed by atoms with van der Waals surface area (Å²) in [5, 5.41) is 0. The van der Waals surface area contributed by atoms with Gasteiger partial charge >= 0.3 is 0 Å². The van der Waals surface area contributed by atoms with Crippen molar-refractivity contribution in [3.8, 4) is 5.75 Å². The molecule has 0 aliphatic carbocycles. The zero-order chi connectivity index (χ0) is 13.0. The van der Waals surface area contributed by atoms with Crippen LogP contribution in [0.5, 0.6) is 5.75 Å². The van der Waals surface area contributed by atoms with Gasteiger partial charge in [-0.25, -0.2) is 0 Å². The summed E-state index contributed by atoms with van der Waals surface area (Å²) in [6.45, 7) is 5.80. The zero-order valence-electron chi connectivity index (χ0n) is 11.1. The highest BCUT2D eigenvalue weighted by Gasteiger charge is 2.25. The van der Waals surface area contributed by atoms with Crippen LogP contribution in [0, 0.1) is 5.92 Å². The maximum Gasteiger partial charge on any atom is 0.263 e. The molecule has 1 atom stereocenters. The van der Waals surface area contributed by atoms with Crippen LogP contribution in [0.15, 0.2) is 30.3 Å². The quantitative estimate of drug-likeness (QED) is 0.822. The van der Waals surface area contributed by atoms with Crippen molar-refractivity contribution < 1.29 is 9.53 Å². The third-order valence-corrected chi connectivity index (χ3v) is 3.50. The summed E-state index contributed by atoms with van der Waals surface area (Å²) in [7, 11) is 0. The van der Waals surface area contributed by atoms with Crippen LogP contribution >= 0.6 is 0 Å². The predicted molar refractivity (Wildman–Crippen MR) is 71.5 cm³/mol. The Bertz CT molecular complexity index is 383. The van der Waals surface area contributed by atoms with Gasteiger partial charge in [-0.05, 0) is 37.8 Å². The summed E-state index contributed by atoms with van der Waals surface area (Å²) in [6.07, 6.45) is 1.80. The third kappa shape index (κ3) is 3.25. The molecule has 1 amide bonds. The van der Waals surface area contributed by atoms with Gasteiger partial charge in [0, 0.05) is 13.1 Å². The first kappa shape index (κ1) is 12.9. The Labute approximate surface area is 109 Å². The number of amides is 1. The fourth-order valence-corrected chi connectivity index (χ4v) is 2.24. The van der Waals surface area contributed by atoms with E-state index in [-0.39, 0.29) is 5.91 Å². The monoisotopic (exact) mass is 247 g/mol. The van der Waals surface area contributed by atoms with E-state index in [0.29, 0.717) is 0 Å². The van der Waals surface area contributed by atoms with Gasteiger partial charge in [-0.1, -0.05) is 25.1 Å². The lowest BCUT2D eigenvalue weighted by Crippen LogP contribution is -2.44. The highest BCUT2D eigenvalue weighted by atomic mass is 16.5. The standard InChI is InChI=1S/C15H21NO2/c1-12-8-10-16(11-9-12)15(17)13(2)18-14-6-4-3-5-7-14/h3-7,12-13H,8-11H2,1-2H3. The van der Waals surface area contributed by atoms with Gasteiger partial charge in [-0.15, -0.1) is 0 Å². The van der Waals surface area contributed by atoms with Gasteiger partial charge in [-0.2, -0.15) is 0 Å². The second-order valence-electron chi connectivity index (χ2n) is 5.08. The Morgan fingerprint density at radius 3 is 2.50 bits per heavy atom. The second-order valence-corrected chi connectivity index (χ2v) is 5.08. The molecule has 1 aliphatic heterocycles. The molecule has 0 radical (unpaired) electrons. The molecule has 0 N–H and O–H groups in total. The molecular formula is C15H21NO2. The zero-order valence-corrected chi connectivity index (χ0v) is 11.1. The topological polar surface area (TPSA) is 29.5 Å². The minimum Gasteiger partial charge on any atom is -0.481 e. The molecule has 1 saturated heterocycles. The first-order chi connectivity index (χ1) is 8.66. The van der Waals surface area contributed by atoms with Gasteiger partial charge in [0.15, 0.2) is 6.10 Å². The normalized spacial score (nSPS) is 18.4. The van der Waals surface area contributed by atoms with E-state index in [4.69, 9.17) is 4.74 Å². The van der Waals surface area contributed by atoms with Crippen molar-refractivity contribution in [1.82, 2.24) is 4.90 Å². The predicted octanol–water partition coefficient (Wildman–Crippen LogP) is 2.71. The van der Waals surface area contributed by atoms with Gasteiger partial charge in [0.1, 0.15) is 5.75 Å². The number of nitrogens with zero attached hydrogens (tertiary/aromatic N) is 1. The van der Waals surface area contributed by atoms with E-state index >= 15 is 0 Å². The molecule has 3 heteroatoms. The van der Waals surface area contributed by atoms with Crippen LogP contribution in [0.4, 0.5) is 0 Å². The van der Waals surface area contributed by atoms with Crippen LogP contribution < -0.4 is 4.74 Å². The number of hydrogen-bond acceptors (Lipinski definition) is 2. The third-order valence-electron chi connectivity index (χ3n) is 3.50. The summed E-state index contributed by atoms with van der Waals surface area (Å²) in [5.74, 6) is 1.59. The molecule has 1 aromatic carbocycles. The molecule has 0 bridgehead atoms. The largest absolute Gasteiger partial charge is 0.481 e. The minimum absolute atomic E-state index is 0.103. The SMILES string of the molecule is CC1CCN(C(=O)C(C)Oc2ccccc2)CC1. The molecule has 3 nitrogen and oxygen atoms in total. The Morgan fingerprint density at radius 1 is 1.28 bits per heavy atom. The van der Waals surface area contributed by atoms with Crippen LogP contribution in [0.1, 0.15) is 26.7 Å². The lowest BCUT2D eigenvalue weighted by Gasteiger charge is -2.32. The first-order valence-corrected chi connectivity index (χ1v) is 6.67. The Balaban J connectivity index is 1.89. The first-order valence-electron chi connectivity index (χ1n) is 6.67. The number of piperidine rings is 1. The van der Waals surface area contributed by atoms with E-state index in [0.717, 1.165) is 37.6 Å². The van der Waals surface area contributed by atoms with E-state index in [2.05, 4.69) is 6.92 Å². The molecule has 0 spiro atoms. The van der Waals surface area contributed by atoms with Crippen molar-refractivity contribution in [1.29, 1.82) is 0 Å². The lowest BCUT2D eigenvalue weighted by molar-refractivity contribution is -0.139. The molecule has 1 fully saturated rings. The Kier molecular flexibility index (Phi) is 4.24. The molecular weight excluding hydrogens is 226 g/mol. The fraction of sp³-hybridized carbons (Fsp3) is 0.533. The molecule has 0 saturated carbocycles. The van der Waals surface area contributed by atoms with Crippen LogP contribution in [0.3, 0.4) is 0 Å². The summed E-state index contributed by atoms with van der Waals surface area (Å²) in [4.78, 5) is 14.1. The fourth-order valence-electron chi connectivity index (χ4n) is 2.24. The Hall–Kier alpha value is -1.51. The number of hydrogen-bond donors (Lipinski definition) is 0. The molecule has 18 heavy (non-hydrogen) atoms. The number of likely N-dealkylation sites (tertiary alicyclic amines) is 1. The summed E-state index contributed by atoms with van der Waals surface area (Å²) in [5.41, 5.74) is 0. The van der Waals surface area contributed by atoms with E-state index in [1.54, 1.807) is 0 Å². The van der Waals surface area contributed by atoms with Crippen molar-refractivity contribution in [3.63, 3.8) is 0 Å².